The van der Waals surface area contributed by atoms with Crippen LogP contribution in [-0.2, 0) is 16.1 Å². The van der Waals surface area contributed by atoms with E-state index < -0.39 is 11.6 Å². The Morgan fingerprint density at radius 1 is 1.15 bits per heavy atom. The van der Waals surface area contributed by atoms with Gasteiger partial charge in [-0.2, -0.15) is 5.26 Å². The minimum atomic E-state index is -0.874. The molecule has 4 amide bonds. The number of rotatable bonds is 7. The lowest BCUT2D eigenvalue weighted by Crippen LogP contribution is -2.51. The van der Waals surface area contributed by atoms with Crippen LogP contribution in [0.3, 0.4) is 0 Å². The number of carbonyl (C=O) groups is 3. The second-order valence-corrected chi connectivity index (χ2v) is 11.0. The Bertz CT molecular complexity index is 950. The van der Waals surface area contributed by atoms with Gasteiger partial charge in [0, 0.05) is 19.6 Å². The van der Waals surface area contributed by atoms with Crippen molar-refractivity contribution in [3.63, 3.8) is 0 Å². The molecule has 8 nitrogen and oxygen atoms in total. The van der Waals surface area contributed by atoms with E-state index in [1.807, 2.05) is 31.1 Å². The zero-order chi connectivity index (χ0) is 25.1. The van der Waals surface area contributed by atoms with Crippen LogP contribution in [0, 0.1) is 22.7 Å². The number of nitrogens with one attached hydrogen (secondary N) is 1. The van der Waals surface area contributed by atoms with Gasteiger partial charge < -0.3 is 15.1 Å². The first kappa shape index (κ1) is 25.7. The van der Waals surface area contributed by atoms with Crippen LogP contribution in [0.4, 0.5) is 4.79 Å². The van der Waals surface area contributed by atoms with Crippen LogP contribution in [0.1, 0.15) is 57.6 Å². The second kappa shape index (κ2) is 10.1. The first-order valence-corrected chi connectivity index (χ1v) is 12.0. The highest BCUT2D eigenvalue weighted by Gasteiger charge is 2.53. The lowest BCUT2D eigenvalue weighted by molar-refractivity contribution is -0.140. The van der Waals surface area contributed by atoms with Gasteiger partial charge in [-0.15, -0.1) is 0 Å². The molecule has 0 unspecified atom stereocenters. The molecule has 1 saturated heterocycles. The van der Waals surface area contributed by atoms with Crippen LogP contribution in [0.15, 0.2) is 24.3 Å². The zero-order valence-electron chi connectivity index (χ0n) is 21.1. The van der Waals surface area contributed by atoms with E-state index in [1.165, 1.54) is 0 Å². The minimum absolute atomic E-state index is 0.168. The molecule has 8 heteroatoms. The van der Waals surface area contributed by atoms with Crippen molar-refractivity contribution in [2.24, 2.45) is 11.3 Å². The lowest BCUT2D eigenvalue weighted by atomic mass is 9.67. The predicted octanol–water partition coefficient (Wildman–Crippen LogP) is 2.98. The topological polar surface area (TPSA) is 96.8 Å². The molecule has 1 saturated carbocycles. The Balaban J connectivity index is 1.69. The summed E-state index contributed by atoms with van der Waals surface area (Å²) in [5, 5.41) is 11.9. The SMILES string of the molecule is CN(C)CCN(Cc1ccc(C#N)cc1)C(=O)CN1C(=O)NC2(CCC(C(C)(C)C)CC2)C1=O. The first-order valence-electron chi connectivity index (χ1n) is 12.0. The monoisotopic (exact) mass is 467 g/mol. The van der Waals surface area contributed by atoms with Crippen molar-refractivity contribution >= 4 is 17.8 Å². The summed E-state index contributed by atoms with van der Waals surface area (Å²) in [6.45, 7) is 7.84. The van der Waals surface area contributed by atoms with Gasteiger partial charge in [0.05, 0.1) is 11.6 Å². The average Bonchev–Trinajstić information content (AvgIpc) is 3.00. The van der Waals surface area contributed by atoms with Gasteiger partial charge in [-0.05, 0) is 68.8 Å². The van der Waals surface area contributed by atoms with Gasteiger partial charge >= 0.3 is 6.03 Å². The average molecular weight is 468 g/mol. The van der Waals surface area contributed by atoms with Crippen LogP contribution in [0.2, 0.25) is 0 Å². The van der Waals surface area contributed by atoms with Crippen LogP contribution in [0.5, 0.6) is 0 Å². The summed E-state index contributed by atoms with van der Waals surface area (Å²) >= 11 is 0. The van der Waals surface area contributed by atoms with Crippen molar-refractivity contribution in [1.82, 2.24) is 20.0 Å². The fourth-order valence-corrected chi connectivity index (χ4v) is 4.89. The third-order valence-corrected chi connectivity index (χ3v) is 7.23. The zero-order valence-corrected chi connectivity index (χ0v) is 21.1. The number of nitrogens with zero attached hydrogens (tertiary/aromatic N) is 4. The molecule has 2 aliphatic rings. The maximum Gasteiger partial charge on any atom is 0.325 e. The summed E-state index contributed by atoms with van der Waals surface area (Å²) in [5.41, 5.74) is 0.739. The summed E-state index contributed by atoms with van der Waals surface area (Å²) in [4.78, 5) is 44.1. The van der Waals surface area contributed by atoms with E-state index in [9.17, 15) is 14.4 Å². The van der Waals surface area contributed by atoms with Gasteiger partial charge in [0.15, 0.2) is 0 Å². The van der Waals surface area contributed by atoms with Crippen molar-refractivity contribution < 1.29 is 14.4 Å². The third-order valence-electron chi connectivity index (χ3n) is 7.23. The van der Waals surface area contributed by atoms with Gasteiger partial charge in [-0.1, -0.05) is 32.9 Å². The van der Waals surface area contributed by atoms with Crippen molar-refractivity contribution in [3.05, 3.63) is 35.4 Å². The summed E-state index contributed by atoms with van der Waals surface area (Å²) < 4.78 is 0. The van der Waals surface area contributed by atoms with E-state index in [-0.39, 0.29) is 23.8 Å². The molecular weight excluding hydrogens is 430 g/mol. The van der Waals surface area contributed by atoms with Gasteiger partial charge in [-0.25, -0.2) is 4.79 Å². The number of urea groups is 1. The largest absolute Gasteiger partial charge is 0.336 e. The molecule has 1 heterocycles. The number of likely N-dealkylation sites (N-methyl/N-ethyl adjacent to an activating group) is 1. The molecule has 1 N–H and O–H groups in total. The maximum atomic E-state index is 13.3. The van der Waals surface area contributed by atoms with Crippen molar-refractivity contribution in [2.75, 3.05) is 33.7 Å². The highest BCUT2D eigenvalue weighted by Crippen LogP contribution is 2.43. The molecule has 3 rings (SSSR count). The van der Waals surface area contributed by atoms with E-state index in [0.29, 0.717) is 44.0 Å². The van der Waals surface area contributed by atoms with Gasteiger partial charge in [0.1, 0.15) is 12.1 Å². The van der Waals surface area contributed by atoms with E-state index >= 15 is 0 Å². The molecule has 34 heavy (non-hydrogen) atoms. The van der Waals surface area contributed by atoms with Crippen molar-refractivity contribution in [3.8, 4) is 6.07 Å². The van der Waals surface area contributed by atoms with Crippen LogP contribution >= 0.6 is 0 Å². The molecule has 0 bridgehead atoms. The molecule has 1 aromatic rings. The first-order chi connectivity index (χ1) is 15.9. The van der Waals surface area contributed by atoms with Crippen molar-refractivity contribution in [2.45, 2.75) is 58.5 Å². The molecule has 0 aromatic heterocycles. The minimum Gasteiger partial charge on any atom is -0.336 e. The number of amides is 4. The van der Waals surface area contributed by atoms with Crippen molar-refractivity contribution in [1.29, 1.82) is 5.26 Å². The summed E-state index contributed by atoms with van der Waals surface area (Å²) in [5.74, 6) is -0.0354. The van der Waals surface area contributed by atoms with E-state index in [2.05, 4.69) is 32.2 Å². The van der Waals surface area contributed by atoms with Crippen LogP contribution < -0.4 is 5.32 Å². The number of hydrogen-bond acceptors (Lipinski definition) is 5. The fraction of sp³-hybridized carbons (Fsp3) is 0.615. The molecule has 0 atom stereocenters. The second-order valence-electron chi connectivity index (χ2n) is 11.0. The Morgan fingerprint density at radius 2 is 1.76 bits per heavy atom. The molecule has 1 spiro atoms. The van der Waals surface area contributed by atoms with E-state index in [0.717, 1.165) is 23.3 Å². The Hall–Kier alpha value is -2.92. The molecule has 0 radical (unpaired) electrons. The number of benzene rings is 1. The number of nitriles is 1. The highest BCUT2D eigenvalue weighted by molar-refractivity contribution is 6.09. The lowest BCUT2D eigenvalue weighted by Gasteiger charge is -2.40. The number of hydrogen-bond donors (Lipinski definition) is 1. The smallest absolute Gasteiger partial charge is 0.325 e. The molecule has 2 fully saturated rings. The molecule has 1 aromatic carbocycles. The highest BCUT2D eigenvalue weighted by atomic mass is 16.2. The normalized spacial score (nSPS) is 22.7. The summed E-state index contributed by atoms with van der Waals surface area (Å²) in [6.07, 6.45) is 2.98. The van der Waals surface area contributed by atoms with Gasteiger partial charge in [0.25, 0.3) is 5.91 Å². The van der Waals surface area contributed by atoms with E-state index in [1.54, 1.807) is 17.0 Å². The Morgan fingerprint density at radius 3 is 2.29 bits per heavy atom. The Labute approximate surface area is 202 Å². The standard InChI is InChI=1S/C26H37N5O3/c1-25(2,3)21-10-12-26(13-11-21)23(33)31(24(34)28-26)18-22(32)30(15-14-29(4)5)17-20-8-6-19(16-27)7-9-20/h6-9,21H,10-15,17-18H2,1-5H3,(H,28,34). The maximum absolute atomic E-state index is 13.3. The van der Waals surface area contributed by atoms with Crippen LogP contribution in [0.25, 0.3) is 0 Å². The fourth-order valence-electron chi connectivity index (χ4n) is 4.89. The molecule has 1 aliphatic heterocycles. The molecule has 184 valence electrons. The summed E-state index contributed by atoms with van der Waals surface area (Å²) in [6, 6.07) is 8.71. The number of carbonyl (C=O) groups excluding carboxylic acids is 3. The predicted molar refractivity (Wildman–Crippen MR) is 130 cm³/mol. The molecule has 1 aliphatic carbocycles. The van der Waals surface area contributed by atoms with Gasteiger partial charge in [-0.3, -0.25) is 14.5 Å². The van der Waals surface area contributed by atoms with Crippen LogP contribution in [-0.4, -0.2) is 71.8 Å². The molecular formula is C26H37N5O3. The van der Waals surface area contributed by atoms with E-state index in [4.69, 9.17) is 5.26 Å². The number of imide groups is 1. The summed E-state index contributed by atoms with van der Waals surface area (Å²) in [7, 11) is 3.86. The van der Waals surface area contributed by atoms with Gasteiger partial charge in [0.2, 0.25) is 5.91 Å². The quantitative estimate of drug-likeness (QED) is 0.622. The Kier molecular flexibility index (Phi) is 7.67. The third kappa shape index (κ3) is 5.76.